The molecule has 0 aliphatic heterocycles. The standard InChI is InChI=1S/C42H34O10/c1-23(2)39(45)49-34-17-10-27(19-36(34)51-41(47)25(5)6)9-16-33(43)30-13-11-29-21-31(14-12-28(29)20-30)38(44)32-15-18-35(50-40(46)24(3)4)37(22-32)52-42(48)26(7)8/h9-22H,1,3,5,7H2,2,4,6,8H3. The summed E-state index contributed by atoms with van der Waals surface area (Å²) in [5, 5.41) is 1.36. The monoisotopic (exact) mass is 698 g/mol. The van der Waals surface area contributed by atoms with Crippen molar-refractivity contribution < 1.29 is 47.7 Å². The first-order valence-electron chi connectivity index (χ1n) is 15.6. The second-order valence-corrected chi connectivity index (χ2v) is 11.9. The number of allylic oxidation sites excluding steroid dienone is 1. The number of hydrogen-bond acceptors (Lipinski definition) is 10. The minimum atomic E-state index is -0.767. The molecule has 0 aliphatic carbocycles. The fourth-order valence-electron chi connectivity index (χ4n) is 4.33. The normalized spacial score (nSPS) is 10.6. The molecular formula is C42H34O10. The number of rotatable bonds is 13. The third-order valence-corrected chi connectivity index (χ3v) is 7.19. The van der Waals surface area contributed by atoms with Crippen molar-refractivity contribution in [3.63, 3.8) is 0 Å². The first kappa shape index (κ1) is 37.9. The van der Waals surface area contributed by atoms with Crippen LogP contribution in [0, 0.1) is 0 Å². The summed E-state index contributed by atoms with van der Waals surface area (Å²) >= 11 is 0. The maximum absolute atomic E-state index is 13.5. The molecule has 0 fully saturated rings. The van der Waals surface area contributed by atoms with Gasteiger partial charge in [0.15, 0.2) is 34.6 Å². The Morgan fingerprint density at radius 3 is 1.35 bits per heavy atom. The van der Waals surface area contributed by atoms with E-state index in [1.54, 1.807) is 42.5 Å². The van der Waals surface area contributed by atoms with Crippen molar-refractivity contribution in [2.24, 2.45) is 0 Å². The Balaban J connectivity index is 1.57. The molecule has 0 atom stereocenters. The molecule has 0 bridgehead atoms. The molecule has 0 N–H and O–H groups in total. The number of benzene rings is 4. The van der Waals surface area contributed by atoms with Crippen LogP contribution in [0.2, 0.25) is 0 Å². The van der Waals surface area contributed by atoms with Crippen molar-refractivity contribution in [1.29, 1.82) is 0 Å². The van der Waals surface area contributed by atoms with Crippen LogP contribution in [0.15, 0.2) is 127 Å². The highest BCUT2D eigenvalue weighted by molar-refractivity contribution is 6.12. The maximum atomic E-state index is 13.5. The lowest BCUT2D eigenvalue weighted by Gasteiger charge is -2.12. The van der Waals surface area contributed by atoms with Gasteiger partial charge in [-0.25, -0.2) is 19.2 Å². The van der Waals surface area contributed by atoms with Crippen LogP contribution in [0.3, 0.4) is 0 Å². The highest BCUT2D eigenvalue weighted by Gasteiger charge is 2.20. The van der Waals surface area contributed by atoms with Crippen molar-refractivity contribution in [2.45, 2.75) is 27.7 Å². The van der Waals surface area contributed by atoms with E-state index in [4.69, 9.17) is 18.9 Å². The highest BCUT2D eigenvalue weighted by Crippen LogP contribution is 2.32. The van der Waals surface area contributed by atoms with Crippen molar-refractivity contribution >= 4 is 52.3 Å². The van der Waals surface area contributed by atoms with Gasteiger partial charge in [0, 0.05) is 39.0 Å². The van der Waals surface area contributed by atoms with E-state index in [0.29, 0.717) is 27.5 Å². The number of hydrogen-bond donors (Lipinski definition) is 0. The molecule has 0 aliphatic rings. The third-order valence-electron chi connectivity index (χ3n) is 7.19. The SMILES string of the molecule is C=C(C)C(=O)Oc1ccc(C=CC(=O)c2ccc3cc(C(=O)c4ccc(OC(=O)C(=C)C)c(OC(=O)C(=C)C)c4)ccc3c2)cc1OC(=O)C(=C)C. The molecule has 4 aromatic carbocycles. The predicted molar refractivity (Wildman–Crippen MR) is 195 cm³/mol. The molecule has 0 saturated carbocycles. The molecule has 0 spiro atoms. The van der Waals surface area contributed by atoms with E-state index in [9.17, 15) is 28.8 Å². The summed E-state index contributed by atoms with van der Waals surface area (Å²) in [5.74, 6) is -3.92. The number of carbonyl (C=O) groups excluding carboxylic acids is 6. The van der Waals surface area contributed by atoms with Gasteiger partial charge in [0.05, 0.1) is 0 Å². The Labute approximate surface area is 300 Å². The first-order chi connectivity index (χ1) is 24.5. The van der Waals surface area contributed by atoms with Crippen molar-refractivity contribution in [3.8, 4) is 23.0 Å². The van der Waals surface area contributed by atoms with Crippen LogP contribution in [-0.4, -0.2) is 35.4 Å². The minimum absolute atomic E-state index is 0.00813. The third kappa shape index (κ3) is 9.39. The van der Waals surface area contributed by atoms with Gasteiger partial charge >= 0.3 is 23.9 Å². The van der Waals surface area contributed by atoms with E-state index >= 15 is 0 Å². The van der Waals surface area contributed by atoms with Gasteiger partial charge in [-0.15, -0.1) is 0 Å². The summed E-state index contributed by atoms with van der Waals surface area (Å²) in [5.41, 5.74) is 1.84. The number of fused-ring (bicyclic) bond motifs is 1. The Hall–Kier alpha value is -6.94. The van der Waals surface area contributed by atoms with Crippen LogP contribution in [0.1, 0.15) is 59.5 Å². The van der Waals surface area contributed by atoms with E-state index in [1.807, 2.05) is 0 Å². The fourth-order valence-corrected chi connectivity index (χ4v) is 4.33. The highest BCUT2D eigenvalue weighted by atomic mass is 16.6. The molecule has 52 heavy (non-hydrogen) atoms. The average Bonchev–Trinajstić information content (AvgIpc) is 3.10. The van der Waals surface area contributed by atoms with E-state index in [2.05, 4.69) is 26.3 Å². The lowest BCUT2D eigenvalue weighted by atomic mass is 9.98. The minimum Gasteiger partial charge on any atom is -0.419 e. The van der Waals surface area contributed by atoms with E-state index in [0.717, 1.165) is 0 Å². The van der Waals surface area contributed by atoms with Crippen LogP contribution < -0.4 is 18.9 Å². The van der Waals surface area contributed by atoms with Crippen molar-refractivity contribution in [3.05, 3.63) is 150 Å². The summed E-state index contributed by atoms with van der Waals surface area (Å²) in [7, 11) is 0. The van der Waals surface area contributed by atoms with E-state index in [1.165, 1.54) is 70.2 Å². The van der Waals surface area contributed by atoms with Crippen LogP contribution in [-0.2, 0) is 19.2 Å². The van der Waals surface area contributed by atoms with Gasteiger partial charge < -0.3 is 18.9 Å². The van der Waals surface area contributed by atoms with Gasteiger partial charge in [0.2, 0.25) is 0 Å². The number of ketones is 2. The Kier molecular flexibility index (Phi) is 11.8. The summed E-state index contributed by atoms with van der Waals surface area (Å²) in [4.78, 5) is 75.4. The zero-order chi connectivity index (χ0) is 38.3. The number of esters is 4. The zero-order valence-electron chi connectivity index (χ0n) is 29.0. The number of carbonyl (C=O) groups is 6. The molecule has 0 aromatic heterocycles. The van der Waals surface area contributed by atoms with Crippen LogP contribution in [0.25, 0.3) is 16.8 Å². The molecule has 0 unspecified atom stereocenters. The maximum Gasteiger partial charge on any atom is 0.338 e. The van der Waals surface area contributed by atoms with Crippen LogP contribution in [0.4, 0.5) is 0 Å². The smallest absolute Gasteiger partial charge is 0.338 e. The van der Waals surface area contributed by atoms with Crippen LogP contribution >= 0.6 is 0 Å². The molecule has 0 heterocycles. The first-order valence-corrected chi connectivity index (χ1v) is 15.6. The van der Waals surface area contributed by atoms with E-state index in [-0.39, 0.29) is 56.6 Å². The van der Waals surface area contributed by atoms with Gasteiger partial charge in [-0.1, -0.05) is 62.7 Å². The summed E-state index contributed by atoms with van der Waals surface area (Å²) in [6.45, 7) is 20.1. The van der Waals surface area contributed by atoms with Gasteiger partial charge in [-0.2, -0.15) is 0 Å². The molecular weight excluding hydrogens is 664 g/mol. The lowest BCUT2D eigenvalue weighted by molar-refractivity contribution is -0.132. The fraction of sp³-hybridized carbons (Fsp3) is 0.0952. The van der Waals surface area contributed by atoms with Gasteiger partial charge in [0.25, 0.3) is 0 Å². The molecule has 4 aromatic rings. The quantitative estimate of drug-likeness (QED) is 0.0586. The lowest BCUT2D eigenvalue weighted by Crippen LogP contribution is -2.13. The Bertz CT molecular complexity index is 2270. The van der Waals surface area contributed by atoms with Crippen LogP contribution in [0.5, 0.6) is 23.0 Å². The summed E-state index contributed by atoms with van der Waals surface area (Å²) < 4.78 is 21.3. The molecule has 0 amide bonds. The molecule has 0 radical (unpaired) electrons. The average molecular weight is 699 g/mol. The molecule has 0 saturated heterocycles. The second-order valence-electron chi connectivity index (χ2n) is 11.9. The molecule has 4 rings (SSSR count). The van der Waals surface area contributed by atoms with E-state index < -0.39 is 29.7 Å². The van der Waals surface area contributed by atoms with Gasteiger partial charge in [0.1, 0.15) is 0 Å². The van der Waals surface area contributed by atoms with Gasteiger partial charge in [-0.05, 0) is 92.6 Å². The van der Waals surface area contributed by atoms with Crippen molar-refractivity contribution in [1.82, 2.24) is 0 Å². The van der Waals surface area contributed by atoms with Crippen molar-refractivity contribution in [2.75, 3.05) is 0 Å². The Morgan fingerprint density at radius 1 is 0.462 bits per heavy atom. The molecule has 10 nitrogen and oxygen atoms in total. The zero-order valence-corrected chi connectivity index (χ0v) is 29.0. The predicted octanol–water partition coefficient (Wildman–Crippen LogP) is 7.89. The second kappa shape index (κ2) is 16.2. The number of ether oxygens (including phenoxy) is 4. The molecule has 262 valence electrons. The summed E-state index contributed by atoms with van der Waals surface area (Å²) in [6, 6.07) is 18.5. The topological polar surface area (TPSA) is 139 Å². The Morgan fingerprint density at radius 2 is 0.846 bits per heavy atom. The molecule has 10 heteroatoms. The largest absolute Gasteiger partial charge is 0.419 e. The summed E-state index contributed by atoms with van der Waals surface area (Å²) in [6.07, 6.45) is 2.86. The van der Waals surface area contributed by atoms with Gasteiger partial charge in [-0.3, -0.25) is 9.59 Å².